The van der Waals surface area contributed by atoms with E-state index in [4.69, 9.17) is 4.74 Å². The Balaban J connectivity index is 1.28. The predicted octanol–water partition coefficient (Wildman–Crippen LogP) is 7.28. The van der Waals surface area contributed by atoms with E-state index >= 15 is 8.78 Å². The minimum atomic E-state index is -1.15. The Morgan fingerprint density at radius 2 is 1.74 bits per heavy atom. The summed E-state index contributed by atoms with van der Waals surface area (Å²) in [5, 5.41) is 9.46. The number of carboxylic acids is 1. The molecule has 10 heteroatoms. The van der Waals surface area contributed by atoms with Gasteiger partial charge in [0.25, 0.3) is 0 Å². The van der Waals surface area contributed by atoms with E-state index in [0.717, 1.165) is 37.0 Å². The highest BCUT2D eigenvalue weighted by Gasteiger charge is 2.41. The molecular weight excluding hydrogens is 557 g/mol. The Kier molecular flexibility index (Phi) is 7.37. The first kappa shape index (κ1) is 28.4. The van der Waals surface area contributed by atoms with E-state index in [9.17, 15) is 14.3 Å². The molecule has 3 heterocycles. The maximum Gasteiger partial charge on any atom is 0.354 e. The van der Waals surface area contributed by atoms with Crippen molar-refractivity contribution < 1.29 is 27.8 Å². The molecule has 0 radical (unpaired) electrons. The van der Waals surface area contributed by atoms with Crippen LogP contribution in [0.4, 0.5) is 13.2 Å². The first-order chi connectivity index (χ1) is 20.6. The molecule has 2 aromatic carbocycles. The van der Waals surface area contributed by atoms with Gasteiger partial charge in [-0.05, 0) is 79.1 Å². The summed E-state index contributed by atoms with van der Waals surface area (Å²) >= 11 is 0. The van der Waals surface area contributed by atoms with E-state index in [1.807, 2.05) is 4.57 Å². The molecule has 0 atom stereocenters. The van der Waals surface area contributed by atoms with Gasteiger partial charge in [-0.3, -0.25) is 0 Å². The SMILES string of the molecule is CCC1(Cn2c(Cc3cc(F)c(-c4cccc(OCc5ccc(C)cc5F)n4)cc3F)nc3ccc(C(=O)O)nc32)CC1. The number of aryl methyl sites for hydroxylation is 1. The van der Waals surface area contributed by atoms with Crippen molar-refractivity contribution in [1.82, 2.24) is 19.5 Å². The standard InChI is InChI=1S/C33H29F3N4O3/c1-3-33(11-12-33)18-40-29(37-27-9-10-28(32(41)42)39-31(27)40)15-21-14-25(36)22(16-24(21)35)26-5-4-6-30(38-26)43-17-20-8-7-19(2)13-23(20)34/h4-10,13-14,16H,3,11-12,15,17-18H2,1-2H3,(H,41,42). The van der Waals surface area contributed by atoms with Crippen molar-refractivity contribution in [3.63, 3.8) is 0 Å². The number of carbonyl (C=O) groups is 1. The maximum atomic E-state index is 15.5. The van der Waals surface area contributed by atoms with Gasteiger partial charge in [0.05, 0.1) is 5.69 Å². The zero-order chi connectivity index (χ0) is 30.3. The summed E-state index contributed by atoms with van der Waals surface area (Å²) in [6.45, 7) is 4.39. The van der Waals surface area contributed by atoms with Gasteiger partial charge in [0.15, 0.2) is 11.3 Å². The van der Waals surface area contributed by atoms with Gasteiger partial charge in [0, 0.05) is 30.2 Å². The van der Waals surface area contributed by atoms with Crippen LogP contribution in [0.3, 0.4) is 0 Å². The summed E-state index contributed by atoms with van der Waals surface area (Å²) in [5.41, 5.74) is 2.22. The van der Waals surface area contributed by atoms with Gasteiger partial charge < -0.3 is 14.4 Å². The number of pyridine rings is 2. The minimum Gasteiger partial charge on any atom is -0.477 e. The third-order valence-corrected chi connectivity index (χ3v) is 8.16. The Morgan fingerprint density at radius 1 is 0.953 bits per heavy atom. The molecule has 1 aliphatic rings. The quantitative estimate of drug-likeness (QED) is 0.185. The number of carboxylic acid groups (broad SMARTS) is 1. The summed E-state index contributed by atoms with van der Waals surface area (Å²) < 4.78 is 52.7. The van der Waals surface area contributed by atoms with Crippen molar-refractivity contribution in [2.24, 2.45) is 5.41 Å². The summed E-state index contributed by atoms with van der Waals surface area (Å²) in [4.78, 5) is 24.9. The number of imidazole rings is 1. The normalized spacial score (nSPS) is 13.8. The van der Waals surface area contributed by atoms with Gasteiger partial charge >= 0.3 is 5.97 Å². The van der Waals surface area contributed by atoms with Gasteiger partial charge in [-0.25, -0.2) is 32.9 Å². The monoisotopic (exact) mass is 586 g/mol. The fraction of sp³-hybridized carbons (Fsp3) is 0.273. The lowest BCUT2D eigenvalue weighted by molar-refractivity contribution is 0.0691. The molecule has 1 N–H and O–H groups in total. The topological polar surface area (TPSA) is 90.1 Å². The molecule has 0 saturated heterocycles. The van der Waals surface area contributed by atoms with E-state index in [1.54, 1.807) is 43.3 Å². The molecule has 220 valence electrons. The molecule has 1 fully saturated rings. The Labute approximate surface area is 246 Å². The first-order valence-electron chi connectivity index (χ1n) is 14.1. The lowest BCUT2D eigenvalue weighted by Gasteiger charge is -2.17. The smallest absolute Gasteiger partial charge is 0.354 e. The molecule has 0 amide bonds. The molecule has 5 aromatic rings. The summed E-state index contributed by atoms with van der Waals surface area (Å²) in [6.07, 6.45) is 2.96. The Hall–Kier alpha value is -4.73. The second kappa shape index (κ2) is 11.2. The van der Waals surface area contributed by atoms with Crippen LogP contribution in [-0.4, -0.2) is 30.6 Å². The van der Waals surface area contributed by atoms with Crippen molar-refractivity contribution in [2.75, 3.05) is 0 Å². The third kappa shape index (κ3) is 5.82. The number of fused-ring (bicyclic) bond motifs is 1. The average molecular weight is 587 g/mol. The fourth-order valence-electron chi connectivity index (χ4n) is 5.26. The van der Waals surface area contributed by atoms with Crippen molar-refractivity contribution in [2.45, 2.75) is 52.7 Å². The van der Waals surface area contributed by atoms with Gasteiger partial charge in [-0.2, -0.15) is 0 Å². The number of hydrogen-bond acceptors (Lipinski definition) is 5. The summed E-state index contributed by atoms with van der Waals surface area (Å²) in [5.74, 6) is -2.23. The van der Waals surface area contributed by atoms with Crippen LogP contribution in [0.2, 0.25) is 0 Å². The van der Waals surface area contributed by atoms with Crippen LogP contribution in [0.5, 0.6) is 5.88 Å². The van der Waals surface area contributed by atoms with Crippen LogP contribution in [0.1, 0.15) is 59.2 Å². The van der Waals surface area contributed by atoms with Gasteiger partial charge in [0.1, 0.15) is 35.4 Å². The van der Waals surface area contributed by atoms with Gasteiger partial charge in [0.2, 0.25) is 5.88 Å². The summed E-state index contributed by atoms with van der Waals surface area (Å²) in [6, 6.07) is 14.7. The Bertz CT molecular complexity index is 1870. The zero-order valence-electron chi connectivity index (χ0n) is 23.7. The van der Waals surface area contributed by atoms with E-state index < -0.39 is 23.4 Å². The van der Waals surface area contributed by atoms with Gasteiger partial charge in [-0.15, -0.1) is 0 Å². The van der Waals surface area contributed by atoms with Crippen LogP contribution < -0.4 is 4.74 Å². The van der Waals surface area contributed by atoms with Crippen LogP contribution in [0.25, 0.3) is 22.4 Å². The van der Waals surface area contributed by atoms with Gasteiger partial charge in [-0.1, -0.05) is 25.1 Å². The predicted molar refractivity (Wildman–Crippen MR) is 154 cm³/mol. The highest BCUT2D eigenvalue weighted by molar-refractivity contribution is 5.88. The lowest BCUT2D eigenvalue weighted by atomic mass is 10.0. The van der Waals surface area contributed by atoms with Crippen LogP contribution >= 0.6 is 0 Å². The Morgan fingerprint density at radius 3 is 2.47 bits per heavy atom. The minimum absolute atomic E-state index is 0.0136. The number of nitrogens with zero attached hydrogens (tertiary/aromatic N) is 4. The molecule has 6 rings (SSSR count). The number of benzene rings is 2. The third-order valence-electron chi connectivity index (χ3n) is 8.16. The van der Waals surface area contributed by atoms with E-state index in [0.29, 0.717) is 29.1 Å². The molecule has 0 aliphatic heterocycles. The zero-order valence-corrected chi connectivity index (χ0v) is 23.7. The molecule has 1 aliphatic carbocycles. The maximum absolute atomic E-state index is 15.5. The van der Waals surface area contributed by atoms with Crippen LogP contribution in [0.15, 0.2) is 60.7 Å². The molecule has 7 nitrogen and oxygen atoms in total. The molecule has 43 heavy (non-hydrogen) atoms. The number of ether oxygens (including phenoxy) is 1. The molecule has 0 bridgehead atoms. The number of aromatic carboxylic acids is 1. The highest BCUT2D eigenvalue weighted by atomic mass is 19.1. The first-order valence-corrected chi connectivity index (χ1v) is 14.1. The number of rotatable bonds is 10. The average Bonchev–Trinajstić information content (AvgIpc) is 3.69. The molecule has 0 unspecified atom stereocenters. The van der Waals surface area contributed by atoms with Crippen molar-refractivity contribution in [1.29, 1.82) is 0 Å². The van der Waals surface area contributed by atoms with Crippen molar-refractivity contribution in [3.05, 3.63) is 106 Å². The van der Waals surface area contributed by atoms with Crippen LogP contribution in [-0.2, 0) is 19.6 Å². The van der Waals surface area contributed by atoms with Crippen molar-refractivity contribution in [3.8, 4) is 17.1 Å². The molecule has 3 aromatic heterocycles. The fourth-order valence-corrected chi connectivity index (χ4v) is 5.26. The number of aromatic nitrogens is 4. The molecular formula is C33H29F3N4O3. The number of halogens is 3. The molecule has 0 spiro atoms. The lowest BCUT2D eigenvalue weighted by Crippen LogP contribution is -2.15. The second-order valence-corrected chi connectivity index (χ2v) is 11.2. The van der Waals surface area contributed by atoms with Crippen LogP contribution in [0, 0.1) is 29.8 Å². The molecule has 1 saturated carbocycles. The largest absolute Gasteiger partial charge is 0.477 e. The number of hydrogen-bond donors (Lipinski definition) is 1. The highest BCUT2D eigenvalue weighted by Crippen LogP contribution is 2.50. The summed E-state index contributed by atoms with van der Waals surface area (Å²) in [7, 11) is 0. The van der Waals surface area contributed by atoms with E-state index in [1.165, 1.54) is 12.1 Å². The van der Waals surface area contributed by atoms with Crippen molar-refractivity contribution >= 4 is 17.1 Å². The second-order valence-electron chi connectivity index (χ2n) is 11.2. The van der Waals surface area contributed by atoms with E-state index in [2.05, 4.69) is 21.9 Å². The van der Waals surface area contributed by atoms with E-state index in [-0.39, 0.29) is 46.8 Å².